The van der Waals surface area contributed by atoms with Gasteiger partial charge < -0.3 is 9.84 Å². The van der Waals surface area contributed by atoms with Crippen molar-refractivity contribution in [1.29, 1.82) is 0 Å². The summed E-state index contributed by atoms with van der Waals surface area (Å²) in [7, 11) is 0. The summed E-state index contributed by atoms with van der Waals surface area (Å²) < 4.78 is 6.41. The Morgan fingerprint density at radius 3 is 2.58 bits per heavy atom. The monoisotopic (exact) mass is 651 g/mol. The summed E-state index contributed by atoms with van der Waals surface area (Å²) >= 11 is 15.0. The first kappa shape index (κ1) is 29.7. The number of benzene rings is 3. The zero-order valence-corrected chi connectivity index (χ0v) is 26.7. The molecule has 0 aliphatic carbocycles. The second-order valence-electron chi connectivity index (χ2n) is 10.8. The lowest BCUT2D eigenvalue weighted by Gasteiger charge is -2.23. The third-order valence-electron chi connectivity index (χ3n) is 7.50. The van der Waals surface area contributed by atoms with Crippen LogP contribution in [-0.4, -0.2) is 33.1 Å². The number of ether oxygens (including phenoxy) is 1. The average Bonchev–Trinajstić information content (AvgIpc) is 3.67. The van der Waals surface area contributed by atoms with E-state index >= 15 is 0 Å². The molecule has 11 heteroatoms. The lowest BCUT2D eigenvalue weighted by atomic mass is 9.93. The minimum absolute atomic E-state index is 0.00607. The van der Waals surface area contributed by atoms with Crippen LogP contribution in [0.25, 0.3) is 5.76 Å². The Morgan fingerprint density at radius 1 is 1.09 bits per heavy atom. The highest BCUT2D eigenvalue weighted by Crippen LogP contribution is 2.45. The van der Waals surface area contributed by atoms with Gasteiger partial charge in [0.1, 0.15) is 17.6 Å². The highest BCUT2D eigenvalue weighted by molar-refractivity contribution is 8.00. The van der Waals surface area contributed by atoms with Gasteiger partial charge in [0.05, 0.1) is 11.6 Å². The molecule has 6 rings (SSSR count). The van der Waals surface area contributed by atoms with Crippen molar-refractivity contribution in [3.05, 3.63) is 104 Å². The molecule has 0 spiro atoms. The van der Waals surface area contributed by atoms with Gasteiger partial charge in [-0.05, 0) is 65.4 Å². The van der Waals surface area contributed by atoms with Crippen LogP contribution in [0.15, 0.2) is 70.6 Å². The second kappa shape index (κ2) is 12.0. The molecule has 7 nitrogen and oxygen atoms in total. The Hall–Kier alpha value is -3.37. The fraction of sp³-hybridized carbons (Fsp3) is 0.250. The smallest absolute Gasteiger partial charge is 0.301 e. The molecule has 2 aliphatic heterocycles. The molecular weight excluding hydrogens is 625 g/mol. The molecule has 1 N–H and O–H groups in total. The van der Waals surface area contributed by atoms with Crippen LogP contribution >= 0.6 is 46.3 Å². The number of fused-ring (bicyclic) bond motifs is 1. The first-order valence-corrected chi connectivity index (χ1v) is 16.3. The summed E-state index contributed by atoms with van der Waals surface area (Å²) in [6, 6.07) is 17.5. The quantitative estimate of drug-likeness (QED) is 0.0707. The van der Waals surface area contributed by atoms with Crippen molar-refractivity contribution < 1.29 is 19.4 Å². The fourth-order valence-corrected chi connectivity index (χ4v) is 7.70. The number of hydrogen-bond acceptors (Lipinski definition) is 8. The lowest BCUT2D eigenvalue weighted by molar-refractivity contribution is -0.132. The number of anilines is 1. The number of aliphatic hydroxyl groups is 1. The minimum atomic E-state index is -0.888. The average molecular weight is 653 g/mol. The van der Waals surface area contributed by atoms with E-state index in [1.54, 1.807) is 24.3 Å². The Morgan fingerprint density at radius 2 is 1.86 bits per heavy atom. The Kier molecular flexibility index (Phi) is 8.26. The topological polar surface area (TPSA) is 92.6 Å². The lowest BCUT2D eigenvalue weighted by Crippen LogP contribution is -2.29. The van der Waals surface area contributed by atoms with Crippen molar-refractivity contribution in [1.82, 2.24) is 10.2 Å². The summed E-state index contributed by atoms with van der Waals surface area (Å²) in [5, 5.41) is 21.5. The maximum atomic E-state index is 13.6. The van der Waals surface area contributed by atoms with Crippen LogP contribution in [0.3, 0.4) is 0 Å². The van der Waals surface area contributed by atoms with Crippen molar-refractivity contribution in [2.24, 2.45) is 0 Å². The first-order valence-electron chi connectivity index (χ1n) is 13.7. The van der Waals surface area contributed by atoms with Crippen LogP contribution in [-0.2, 0) is 21.8 Å². The zero-order chi connectivity index (χ0) is 30.4. The highest BCUT2D eigenvalue weighted by atomic mass is 35.5. The number of carbonyl (C=O) groups excluding carboxylic acids is 2. The van der Waals surface area contributed by atoms with Crippen LogP contribution in [0.1, 0.15) is 60.5 Å². The third kappa shape index (κ3) is 5.79. The molecule has 0 radical (unpaired) electrons. The zero-order valence-electron chi connectivity index (χ0n) is 23.5. The van der Waals surface area contributed by atoms with E-state index in [1.807, 2.05) is 43.3 Å². The maximum absolute atomic E-state index is 13.6. The van der Waals surface area contributed by atoms with Crippen molar-refractivity contribution in [2.75, 3.05) is 4.90 Å². The molecule has 1 fully saturated rings. The molecule has 0 bridgehead atoms. The van der Waals surface area contributed by atoms with Crippen molar-refractivity contribution in [3.63, 3.8) is 0 Å². The van der Waals surface area contributed by atoms with Crippen molar-refractivity contribution >= 4 is 68.9 Å². The van der Waals surface area contributed by atoms with Crippen LogP contribution in [0.4, 0.5) is 5.13 Å². The SMILES string of the molecule is CC(C)c1ccc([C@@H]2C(=C(O)c3ccc4c(c3)C[C@@H](C)O4)C(=O)C(=O)N2c2nnc(SCc3ccc(Cl)cc3Cl)s2)cc1. The molecule has 4 aromatic rings. The van der Waals surface area contributed by atoms with Gasteiger partial charge in [-0.15, -0.1) is 10.2 Å². The number of carbonyl (C=O) groups is 2. The van der Waals surface area contributed by atoms with E-state index in [1.165, 1.54) is 28.0 Å². The van der Waals surface area contributed by atoms with Gasteiger partial charge in [0.25, 0.3) is 5.78 Å². The van der Waals surface area contributed by atoms with Crippen LogP contribution < -0.4 is 9.64 Å². The van der Waals surface area contributed by atoms with Gasteiger partial charge in [-0.3, -0.25) is 14.5 Å². The summed E-state index contributed by atoms with van der Waals surface area (Å²) in [4.78, 5) is 28.6. The minimum Gasteiger partial charge on any atom is -0.507 e. The largest absolute Gasteiger partial charge is 0.507 e. The number of thioether (sulfide) groups is 1. The van der Waals surface area contributed by atoms with Gasteiger partial charge in [-0.1, -0.05) is 90.5 Å². The predicted octanol–water partition coefficient (Wildman–Crippen LogP) is 8.21. The van der Waals surface area contributed by atoms with Gasteiger partial charge in [-0.2, -0.15) is 0 Å². The molecule has 3 heterocycles. The van der Waals surface area contributed by atoms with Crippen LogP contribution in [0.2, 0.25) is 10.0 Å². The number of halogens is 2. The Labute approximate surface area is 267 Å². The Bertz CT molecular complexity index is 1770. The molecule has 220 valence electrons. The first-order chi connectivity index (χ1) is 20.6. The van der Waals surface area contributed by atoms with E-state index in [0.29, 0.717) is 43.6 Å². The molecule has 1 amide bonds. The number of aliphatic hydroxyl groups excluding tert-OH is 1. The standard InChI is InChI=1S/C32H27Cl2N3O4S2/c1-16(2)18-4-6-19(7-5-18)27-26(28(38)20-9-11-25-22(13-20)12-17(3)41-25)29(39)30(40)37(27)31-35-36-32(43-31)42-15-21-8-10-23(33)14-24(21)34/h4-11,13-14,16-17,27,38H,12,15H2,1-3H3/t17-,27-/m1/s1. The Balaban J connectivity index is 1.38. The highest BCUT2D eigenvalue weighted by Gasteiger charge is 2.48. The number of nitrogens with zero attached hydrogens (tertiary/aromatic N) is 3. The number of Topliss-reactive ketones (excluding diaryl/α,β-unsaturated/α-hetero) is 1. The van der Waals surface area contributed by atoms with Gasteiger partial charge in [-0.25, -0.2) is 0 Å². The van der Waals surface area contributed by atoms with Crippen LogP contribution in [0.5, 0.6) is 5.75 Å². The summed E-state index contributed by atoms with van der Waals surface area (Å²) in [5.41, 5.74) is 4.07. The maximum Gasteiger partial charge on any atom is 0.301 e. The molecule has 1 saturated heterocycles. The summed E-state index contributed by atoms with van der Waals surface area (Å²) in [5.74, 6) is -0.219. The number of aromatic nitrogens is 2. The van der Waals surface area contributed by atoms with Crippen molar-refractivity contribution in [3.8, 4) is 5.75 Å². The van der Waals surface area contributed by atoms with E-state index in [9.17, 15) is 14.7 Å². The van der Waals surface area contributed by atoms with Crippen LogP contribution in [0, 0.1) is 0 Å². The predicted molar refractivity (Wildman–Crippen MR) is 171 cm³/mol. The molecule has 43 heavy (non-hydrogen) atoms. The van der Waals surface area contributed by atoms with Crippen molar-refractivity contribution in [2.45, 2.75) is 55.3 Å². The number of ketones is 1. The van der Waals surface area contributed by atoms with Gasteiger partial charge in [0, 0.05) is 27.8 Å². The molecule has 2 atom stereocenters. The normalized spacial score (nSPS) is 19.3. The molecule has 0 saturated carbocycles. The fourth-order valence-electron chi connectivity index (χ4n) is 5.27. The molecular formula is C32H27Cl2N3O4S2. The number of hydrogen-bond donors (Lipinski definition) is 1. The number of rotatable bonds is 7. The van der Waals surface area contributed by atoms with Gasteiger partial charge in [0.2, 0.25) is 5.13 Å². The van der Waals surface area contributed by atoms with Gasteiger partial charge >= 0.3 is 5.91 Å². The summed E-state index contributed by atoms with van der Waals surface area (Å²) in [6.07, 6.45) is 0.717. The number of amides is 1. The second-order valence-corrected chi connectivity index (χ2v) is 13.8. The van der Waals surface area contributed by atoms with E-state index < -0.39 is 17.7 Å². The van der Waals surface area contributed by atoms with Gasteiger partial charge in [0.15, 0.2) is 4.34 Å². The van der Waals surface area contributed by atoms with E-state index in [0.717, 1.165) is 22.4 Å². The molecule has 1 aromatic heterocycles. The van der Waals surface area contributed by atoms with E-state index in [2.05, 4.69) is 24.0 Å². The molecule has 2 aliphatic rings. The van der Waals surface area contributed by atoms with E-state index in [-0.39, 0.29) is 22.6 Å². The summed E-state index contributed by atoms with van der Waals surface area (Å²) in [6.45, 7) is 6.17. The third-order valence-corrected chi connectivity index (χ3v) is 10.2. The van der Waals surface area contributed by atoms with E-state index in [4.69, 9.17) is 27.9 Å². The molecule has 0 unspecified atom stereocenters. The molecule has 3 aromatic carbocycles.